The predicted molar refractivity (Wildman–Crippen MR) is 116 cm³/mol. The number of Topliss-reactive ketones (excluding diaryl/α,β-unsaturated/α-hetero) is 1. The first-order chi connectivity index (χ1) is 14.2. The van der Waals surface area contributed by atoms with Crippen molar-refractivity contribution in [1.82, 2.24) is 10.3 Å². The van der Waals surface area contributed by atoms with Crippen LogP contribution in [-0.4, -0.2) is 43.1 Å². The van der Waals surface area contributed by atoms with Gasteiger partial charge in [0.25, 0.3) is 0 Å². The number of ether oxygens (including phenoxy) is 3. The summed E-state index contributed by atoms with van der Waals surface area (Å²) in [5, 5.41) is 3.33. The highest BCUT2D eigenvalue weighted by Gasteiger charge is 2.26. The fraction of sp³-hybridized carbons (Fsp3) is 0.478. The number of hydrogen-bond acceptors (Lipinski definition) is 6. The molecule has 1 heterocycles. The highest BCUT2D eigenvalue weighted by molar-refractivity contribution is 6.03. The largest absolute Gasteiger partial charge is 0.490 e. The summed E-state index contributed by atoms with van der Waals surface area (Å²) >= 11 is 0. The van der Waals surface area contributed by atoms with E-state index >= 15 is 0 Å². The standard InChI is InChI=1S/C23H32N2O5/c1-8-29-18-11-10-17(12-19(18)30-9-2)14(4)24-16(6)22(26)21-13(3)20(15(5)25-21)23(27)28-7/h10-12,14,16,24-25H,8-9H2,1-7H3/t14-,16-/m1/s1. The van der Waals surface area contributed by atoms with E-state index in [-0.39, 0.29) is 11.8 Å². The molecule has 0 fully saturated rings. The fourth-order valence-corrected chi connectivity index (χ4v) is 3.51. The zero-order valence-electron chi connectivity index (χ0n) is 18.8. The molecule has 0 unspecified atom stereocenters. The molecule has 2 aromatic rings. The quantitative estimate of drug-likeness (QED) is 0.447. The number of H-pyrrole nitrogens is 1. The van der Waals surface area contributed by atoms with Crippen molar-refractivity contribution in [3.63, 3.8) is 0 Å². The van der Waals surface area contributed by atoms with Crippen molar-refractivity contribution >= 4 is 11.8 Å². The van der Waals surface area contributed by atoms with E-state index in [1.807, 2.05) is 45.9 Å². The number of rotatable bonds is 10. The van der Waals surface area contributed by atoms with E-state index in [0.29, 0.717) is 47.2 Å². The van der Waals surface area contributed by atoms with Gasteiger partial charge in [0.2, 0.25) is 0 Å². The second-order valence-corrected chi connectivity index (χ2v) is 7.16. The SMILES string of the molecule is CCOc1ccc([C@@H](C)N[C@H](C)C(=O)c2[nH]c(C)c(C(=O)OC)c2C)cc1OCC. The first-order valence-corrected chi connectivity index (χ1v) is 10.2. The summed E-state index contributed by atoms with van der Waals surface area (Å²) in [4.78, 5) is 28.1. The maximum Gasteiger partial charge on any atom is 0.339 e. The van der Waals surface area contributed by atoms with Gasteiger partial charge >= 0.3 is 5.97 Å². The van der Waals surface area contributed by atoms with Crippen LogP contribution in [0.5, 0.6) is 11.5 Å². The van der Waals surface area contributed by atoms with Gasteiger partial charge < -0.3 is 24.5 Å². The molecule has 0 aliphatic heterocycles. The van der Waals surface area contributed by atoms with Crippen LogP contribution in [0.4, 0.5) is 0 Å². The number of methoxy groups -OCH3 is 1. The number of aryl methyl sites for hydroxylation is 1. The number of aromatic nitrogens is 1. The van der Waals surface area contributed by atoms with Crippen LogP contribution in [-0.2, 0) is 4.74 Å². The lowest BCUT2D eigenvalue weighted by molar-refractivity contribution is 0.0599. The minimum atomic E-state index is -0.468. The number of nitrogens with one attached hydrogen (secondary N) is 2. The van der Waals surface area contributed by atoms with Gasteiger partial charge in [0.05, 0.1) is 37.6 Å². The lowest BCUT2D eigenvalue weighted by Crippen LogP contribution is -2.36. The van der Waals surface area contributed by atoms with Gasteiger partial charge in [-0.05, 0) is 64.8 Å². The van der Waals surface area contributed by atoms with Crippen LogP contribution in [0.2, 0.25) is 0 Å². The number of esters is 1. The average molecular weight is 417 g/mol. The summed E-state index contributed by atoms with van der Waals surface area (Å²) in [6.45, 7) is 12.2. The van der Waals surface area contributed by atoms with Gasteiger partial charge in [-0.25, -0.2) is 4.79 Å². The predicted octanol–water partition coefficient (Wildman–Crippen LogP) is 4.14. The topological polar surface area (TPSA) is 89.7 Å². The molecule has 1 aromatic heterocycles. The van der Waals surface area contributed by atoms with Crippen LogP contribution in [0.1, 0.15) is 71.4 Å². The molecule has 0 bridgehead atoms. The Morgan fingerprint density at radius 3 is 2.30 bits per heavy atom. The number of benzene rings is 1. The van der Waals surface area contributed by atoms with Gasteiger partial charge in [-0.2, -0.15) is 0 Å². The van der Waals surface area contributed by atoms with E-state index < -0.39 is 12.0 Å². The number of aromatic amines is 1. The molecule has 1 aromatic carbocycles. The summed E-state index contributed by atoms with van der Waals surface area (Å²) in [6, 6.07) is 5.21. The van der Waals surface area contributed by atoms with Crippen molar-refractivity contribution in [1.29, 1.82) is 0 Å². The van der Waals surface area contributed by atoms with Crippen molar-refractivity contribution in [2.24, 2.45) is 0 Å². The number of hydrogen-bond donors (Lipinski definition) is 2. The van der Waals surface area contributed by atoms with Gasteiger partial charge in [-0.15, -0.1) is 0 Å². The Morgan fingerprint density at radius 1 is 1.07 bits per heavy atom. The smallest absolute Gasteiger partial charge is 0.339 e. The van der Waals surface area contributed by atoms with Crippen molar-refractivity contribution in [2.75, 3.05) is 20.3 Å². The summed E-state index contributed by atoms with van der Waals surface area (Å²) < 4.78 is 16.1. The third kappa shape index (κ3) is 5.02. The molecule has 2 N–H and O–H groups in total. The zero-order valence-corrected chi connectivity index (χ0v) is 18.8. The molecule has 0 saturated carbocycles. The molecular weight excluding hydrogens is 384 g/mol. The van der Waals surface area contributed by atoms with E-state index in [4.69, 9.17) is 14.2 Å². The van der Waals surface area contributed by atoms with Crippen molar-refractivity contribution < 1.29 is 23.8 Å². The van der Waals surface area contributed by atoms with Crippen molar-refractivity contribution in [3.05, 3.63) is 46.3 Å². The van der Waals surface area contributed by atoms with Crippen molar-refractivity contribution in [2.45, 2.75) is 53.6 Å². The molecule has 30 heavy (non-hydrogen) atoms. The van der Waals surface area contributed by atoms with E-state index in [1.165, 1.54) is 7.11 Å². The highest BCUT2D eigenvalue weighted by atomic mass is 16.5. The molecule has 7 heteroatoms. The Morgan fingerprint density at radius 2 is 1.70 bits per heavy atom. The Hall–Kier alpha value is -2.80. The Kier molecular flexibility index (Phi) is 8.06. The van der Waals surface area contributed by atoms with E-state index in [0.717, 1.165) is 5.56 Å². The molecule has 0 radical (unpaired) electrons. The number of carbonyl (C=O) groups excluding carboxylic acids is 2. The lowest BCUT2D eigenvalue weighted by Gasteiger charge is -2.21. The fourth-order valence-electron chi connectivity index (χ4n) is 3.51. The Labute approximate surface area is 178 Å². The molecule has 164 valence electrons. The monoisotopic (exact) mass is 416 g/mol. The maximum atomic E-state index is 13.0. The summed E-state index contributed by atoms with van der Waals surface area (Å²) in [6.07, 6.45) is 0. The van der Waals surface area contributed by atoms with Gasteiger partial charge in [0, 0.05) is 11.7 Å². The van der Waals surface area contributed by atoms with Crippen LogP contribution in [0.15, 0.2) is 18.2 Å². The Bertz CT molecular complexity index is 903. The minimum Gasteiger partial charge on any atom is -0.490 e. The molecule has 2 rings (SSSR count). The zero-order chi connectivity index (χ0) is 22.4. The number of carbonyl (C=O) groups is 2. The molecular formula is C23H32N2O5. The summed E-state index contributed by atoms with van der Waals surface area (Å²) in [5.41, 5.74) is 3.04. The van der Waals surface area contributed by atoms with Gasteiger partial charge in [0.1, 0.15) is 0 Å². The molecule has 0 spiro atoms. The second kappa shape index (κ2) is 10.3. The van der Waals surface area contributed by atoms with Crippen LogP contribution >= 0.6 is 0 Å². The van der Waals surface area contributed by atoms with Crippen LogP contribution in [0.25, 0.3) is 0 Å². The van der Waals surface area contributed by atoms with Gasteiger partial charge in [-0.1, -0.05) is 6.07 Å². The third-order valence-corrected chi connectivity index (χ3v) is 5.03. The first kappa shape index (κ1) is 23.5. The molecule has 0 saturated heterocycles. The van der Waals surface area contributed by atoms with Crippen LogP contribution in [0, 0.1) is 13.8 Å². The summed E-state index contributed by atoms with van der Waals surface area (Å²) in [7, 11) is 1.33. The second-order valence-electron chi connectivity index (χ2n) is 7.16. The molecule has 0 aliphatic carbocycles. The number of ketones is 1. The van der Waals surface area contributed by atoms with Crippen LogP contribution in [0.3, 0.4) is 0 Å². The first-order valence-electron chi connectivity index (χ1n) is 10.2. The van der Waals surface area contributed by atoms with Crippen molar-refractivity contribution in [3.8, 4) is 11.5 Å². The third-order valence-electron chi connectivity index (χ3n) is 5.03. The van der Waals surface area contributed by atoms with E-state index in [1.54, 1.807) is 13.8 Å². The molecule has 0 amide bonds. The normalized spacial score (nSPS) is 12.9. The molecule has 2 atom stereocenters. The van der Waals surface area contributed by atoms with E-state index in [2.05, 4.69) is 10.3 Å². The molecule has 0 aliphatic rings. The Balaban J connectivity index is 2.19. The average Bonchev–Trinajstić information content (AvgIpc) is 3.02. The minimum absolute atomic E-state index is 0.102. The van der Waals surface area contributed by atoms with E-state index in [9.17, 15) is 9.59 Å². The summed E-state index contributed by atoms with van der Waals surface area (Å²) in [5.74, 6) is 0.816. The lowest BCUT2D eigenvalue weighted by atomic mass is 10.0. The molecule has 7 nitrogen and oxygen atoms in total. The maximum absolute atomic E-state index is 13.0. The van der Waals surface area contributed by atoms with Gasteiger partial charge in [-0.3, -0.25) is 4.79 Å². The highest BCUT2D eigenvalue weighted by Crippen LogP contribution is 2.31. The van der Waals surface area contributed by atoms with Gasteiger partial charge in [0.15, 0.2) is 17.3 Å². The van der Waals surface area contributed by atoms with Crippen LogP contribution < -0.4 is 14.8 Å².